The monoisotopic (exact) mass is 520 g/mol. The molecule has 11 heteroatoms. The summed E-state index contributed by atoms with van der Waals surface area (Å²) in [6.07, 6.45) is 5.02. The van der Waals surface area contributed by atoms with Gasteiger partial charge in [-0.05, 0) is 49.7 Å². The van der Waals surface area contributed by atoms with Crippen molar-refractivity contribution >= 4 is 45.2 Å². The van der Waals surface area contributed by atoms with Crippen LogP contribution in [0.4, 0.5) is 5.69 Å². The number of benzene rings is 2. The number of piperidine rings is 1. The van der Waals surface area contributed by atoms with E-state index in [-0.39, 0.29) is 29.2 Å². The van der Waals surface area contributed by atoms with E-state index in [2.05, 4.69) is 11.9 Å². The molecule has 0 aromatic heterocycles. The van der Waals surface area contributed by atoms with Crippen LogP contribution >= 0.6 is 11.6 Å². The highest BCUT2D eigenvalue weighted by molar-refractivity contribution is 7.93. The minimum atomic E-state index is -4.19. The van der Waals surface area contributed by atoms with Crippen molar-refractivity contribution in [1.82, 2.24) is 4.90 Å². The molecule has 0 saturated carbocycles. The molecule has 1 aliphatic heterocycles. The number of nitrogens with two attached hydrogens (primary N) is 1. The molecule has 2 aromatic rings. The van der Waals surface area contributed by atoms with Crippen molar-refractivity contribution in [3.8, 4) is 5.75 Å². The van der Waals surface area contributed by atoms with Gasteiger partial charge in [-0.1, -0.05) is 42.0 Å². The molecule has 1 heterocycles. The molecule has 0 spiro atoms. The summed E-state index contributed by atoms with van der Waals surface area (Å²) in [5.41, 5.74) is 7.00. The minimum absolute atomic E-state index is 0.0232. The Hall–Kier alpha value is -3.08. The number of ether oxygens (including phenoxy) is 1. The number of amidine groups is 1. The molecule has 1 saturated heterocycles. The third-order valence-electron chi connectivity index (χ3n) is 5.58. The number of hydrogen-bond acceptors (Lipinski definition) is 6. The molecular formula is C24H29ClN4O5S. The van der Waals surface area contributed by atoms with Crippen LogP contribution in [0, 0.1) is 5.41 Å². The zero-order valence-corrected chi connectivity index (χ0v) is 20.9. The van der Waals surface area contributed by atoms with Gasteiger partial charge in [-0.3, -0.25) is 14.5 Å². The van der Waals surface area contributed by atoms with E-state index in [0.29, 0.717) is 16.9 Å². The number of carboxylic acid groups (broad SMARTS) is 1. The second-order valence-electron chi connectivity index (χ2n) is 8.36. The number of halogens is 1. The van der Waals surface area contributed by atoms with E-state index in [9.17, 15) is 13.2 Å². The standard InChI is InChI=1S/C24H29ClN4O5S/c1-28-12-9-20(10-13-28)34-22-8-7-19(15-21(22)25)29(35(32,33)16-23(30)31)11-3-5-17-4-2-6-18(14-17)24(26)27/h2-8,14-15,20H,9-13,16H2,1H3,(H3,26,27)(H,30,31). The summed E-state index contributed by atoms with van der Waals surface area (Å²) >= 11 is 6.43. The lowest BCUT2D eigenvalue weighted by atomic mass is 10.1. The van der Waals surface area contributed by atoms with Crippen molar-refractivity contribution < 1.29 is 23.1 Å². The highest BCUT2D eigenvalue weighted by Crippen LogP contribution is 2.32. The summed E-state index contributed by atoms with van der Waals surface area (Å²) in [6.45, 7) is 1.72. The van der Waals surface area contributed by atoms with Crippen molar-refractivity contribution in [2.45, 2.75) is 18.9 Å². The van der Waals surface area contributed by atoms with Crippen molar-refractivity contribution in [1.29, 1.82) is 5.41 Å². The summed E-state index contributed by atoms with van der Waals surface area (Å²) in [4.78, 5) is 13.4. The zero-order valence-electron chi connectivity index (χ0n) is 19.4. The first-order valence-corrected chi connectivity index (χ1v) is 13.0. The maximum atomic E-state index is 12.9. The summed E-state index contributed by atoms with van der Waals surface area (Å²) in [5.74, 6) is -2.15. The molecule has 3 rings (SSSR count). The van der Waals surface area contributed by atoms with Crippen LogP contribution in [0.15, 0.2) is 48.5 Å². The quantitative estimate of drug-likeness (QED) is 0.323. The van der Waals surface area contributed by atoms with E-state index < -0.39 is 21.7 Å². The van der Waals surface area contributed by atoms with Crippen LogP contribution in [0.2, 0.25) is 5.02 Å². The van der Waals surface area contributed by atoms with E-state index >= 15 is 0 Å². The van der Waals surface area contributed by atoms with Crippen LogP contribution in [-0.4, -0.2) is 68.8 Å². The average Bonchev–Trinajstić information content (AvgIpc) is 2.79. The van der Waals surface area contributed by atoms with Gasteiger partial charge in [0.25, 0.3) is 0 Å². The Balaban J connectivity index is 1.82. The van der Waals surface area contributed by atoms with Crippen LogP contribution in [0.25, 0.3) is 6.08 Å². The van der Waals surface area contributed by atoms with E-state index in [0.717, 1.165) is 30.2 Å². The van der Waals surface area contributed by atoms with E-state index in [1.54, 1.807) is 48.6 Å². The van der Waals surface area contributed by atoms with Gasteiger partial charge in [0.15, 0.2) is 5.75 Å². The number of anilines is 1. The molecule has 1 aliphatic rings. The van der Waals surface area contributed by atoms with E-state index in [1.165, 1.54) is 6.07 Å². The third-order valence-corrected chi connectivity index (χ3v) is 7.52. The summed E-state index contributed by atoms with van der Waals surface area (Å²) in [6, 6.07) is 11.5. The molecule has 0 unspecified atom stereocenters. The topological polar surface area (TPSA) is 137 Å². The second-order valence-corrected chi connectivity index (χ2v) is 10.7. The van der Waals surface area contributed by atoms with Gasteiger partial charge in [0, 0.05) is 18.7 Å². The lowest BCUT2D eigenvalue weighted by Gasteiger charge is -2.30. The SMILES string of the molecule is CN1CCC(Oc2ccc(N(CC=Cc3cccc(C(=N)N)c3)S(=O)(=O)CC(=O)O)cc2Cl)CC1. The van der Waals surface area contributed by atoms with Crippen molar-refractivity contribution in [2.75, 3.05) is 36.7 Å². The van der Waals surface area contributed by atoms with Crippen LogP contribution < -0.4 is 14.8 Å². The Kier molecular flexibility index (Phi) is 8.76. The predicted octanol–water partition coefficient (Wildman–Crippen LogP) is 3.03. The fraction of sp³-hybridized carbons (Fsp3) is 0.333. The number of nitrogen functional groups attached to an aromatic ring is 1. The molecule has 35 heavy (non-hydrogen) atoms. The first-order valence-electron chi connectivity index (χ1n) is 11.0. The minimum Gasteiger partial charge on any atom is -0.489 e. The van der Waals surface area contributed by atoms with Crippen molar-refractivity contribution in [3.63, 3.8) is 0 Å². The van der Waals surface area contributed by atoms with Crippen LogP contribution in [0.5, 0.6) is 5.75 Å². The highest BCUT2D eigenvalue weighted by Gasteiger charge is 2.26. The average molecular weight is 521 g/mol. The first kappa shape index (κ1) is 26.5. The Morgan fingerprint density at radius 3 is 2.63 bits per heavy atom. The Morgan fingerprint density at radius 2 is 2.00 bits per heavy atom. The van der Waals surface area contributed by atoms with Gasteiger partial charge in [0.05, 0.1) is 17.3 Å². The van der Waals surface area contributed by atoms with Gasteiger partial charge in [-0.25, -0.2) is 8.42 Å². The number of likely N-dealkylation sites (tertiary alicyclic amines) is 1. The number of hydrogen-bond donors (Lipinski definition) is 3. The fourth-order valence-electron chi connectivity index (χ4n) is 3.73. The highest BCUT2D eigenvalue weighted by atomic mass is 35.5. The van der Waals surface area contributed by atoms with Gasteiger partial charge in [-0.2, -0.15) is 0 Å². The molecule has 0 aliphatic carbocycles. The summed E-state index contributed by atoms with van der Waals surface area (Å²) in [5, 5.41) is 16.9. The number of aliphatic carboxylic acids is 1. The van der Waals surface area contributed by atoms with Gasteiger partial charge >= 0.3 is 5.97 Å². The molecule has 0 amide bonds. The number of carbonyl (C=O) groups is 1. The smallest absolute Gasteiger partial charge is 0.320 e. The van der Waals surface area contributed by atoms with Crippen molar-refractivity contribution in [3.05, 3.63) is 64.7 Å². The molecule has 9 nitrogen and oxygen atoms in total. The molecule has 0 atom stereocenters. The fourth-order valence-corrected chi connectivity index (χ4v) is 5.17. The van der Waals surface area contributed by atoms with Crippen molar-refractivity contribution in [2.24, 2.45) is 5.73 Å². The number of rotatable bonds is 10. The van der Waals surface area contributed by atoms with Gasteiger partial charge in [-0.15, -0.1) is 0 Å². The molecule has 1 fully saturated rings. The Morgan fingerprint density at radius 1 is 1.29 bits per heavy atom. The van der Waals surface area contributed by atoms with Crippen LogP contribution in [-0.2, 0) is 14.8 Å². The third kappa shape index (κ3) is 7.45. The first-order chi connectivity index (χ1) is 16.5. The maximum Gasteiger partial charge on any atom is 0.320 e. The van der Waals surface area contributed by atoms with Gasteiger partial charge in [0.2, 0.25) is 10.0 Å². The van der Waals surface area contributed by atoms with Crippen LogP contribution in [0.1, 0.15) is 24.0 Å². The predicted molar refractivity (Wildman–Crippen MR) is 138 cm³/mol. The Bertz CT molecular complexity index is 1210. The number of nitrogens with one attached hydrogen (secondary N) is 1. The molecule has 188 valence electrons. The lowest BCUT2D eigenvalue weighted by Crippen LogP contribution is -2.36. The summed E-state index contributed by atoms with van der Waals surface area (Å²) < 4.78 is 32.7. The molecule has 2 aromatic carbocycles. The van der Waals surface area contributed by atoms with Crippen LogP contribution in [0.3, 0.4) is 0 Å². The van der Waals surface area contributed by atoms with Gasteiger partial charge < -0.3 is 20.5 Å². The van der Waals surface area contributed by atoms with E-state index in [4.69, 9.17) is 32.6 Å². The van der Waals surface area contributed by atoms with E-state index in [1.807, 2.05) is 0 Å². The maximum absolute atomic E-state index is 12.9. The second kappa shape index (κ2) is 11.6. The van der Waals surface area contributed by atoms with Gasteiger partial charge in [0.1, 0.15) is 17.7 Å². The molecule has 0 bridgehead atoms. The largest absolute Gasteiger partial charge is 0.489 e. The number of nitrogens with zero attached hydrogens (tertiary/aromatic N) is 2. The summed E-state index contributed by atoms with van der Waals surface area (Å²) in [7, 11) is -2.14. The number of sulfonamides is 1. The Labute approximate surface area is 210 Å². The molecular weight excluding hydrogens is 492 g/mol. The number of carboxylic acids is 1. The molecule has 4 N–H and O–H groups in total. The normalized spacial score (nSPS) is 15.3. The lowest BCUT2D eigenvalue weighted by molar-refractivity contribution is -0.134. The molecule has 0 radical (unpaired) electrons. The zero-order chi connectivity index (χ0) is 25.6.